The standard InChI is InChI=1S/C12H24N4O/c1-5-8-16-10(9-14-15-16)11(13)12(6-2,7-3)17-4/h9,11H,5-8,13H2,1-4H3. The van der Waals surface area contributed by atoms with Crippen molar-refractivity contribution in [3.05, 3.63) is 11.9 Å². The molecular weight excluding hydrogens is 216 g/mol. The second kappa shape index (κ2) is 6.12. The Morgan fingerprint density at radius 1 is 1.41 bits per heavy atom. The summed E-state index contributed by atoms with van der Waals surface area (Å²) in [5.74, 6) is 0. The molecule has 2 N–H and O–H groups in total. The molecule has 0 aliphatic heterocycles. The zero-order valence-electron chi connectivity index (χ0n) is 11.3. The summed E-state index contributed by atoms with van der Waals surface area (Å²) >= 11 is 0. The summed E-state index contributed by atoms with van der Waals surface area (Å²) in [5.41, 5.74) is 6.99. The number of methoxy groups -OCH3 is 1. The first-order valence-electron chi connectivity index (χ1n) is 6.34. The van der Waals surface area contributed by atoms with E-state index in [0.29, 0.717) is 0 Å². The van der Waals surface area contributed by atoms with Crippen LogP contribution in [0.15, 0.2) is 6.20 Å². The van der Waals surface area contributed by atoms with Gasteiger partial charge in [-0.1, -0.05) is 26.0 Å². The van der Waals surface area contributed by atoms with Crippen LogP contribution in [0.25, 0.3) is 0 Å². The van der Waals surface area contributed by atoms with E-state index in [0.717, 1.165) is 31.5 Å². The van der Waals surface area contributed by atoms with E-state index in [1.807, 2.05) is 4.68 Å². The Morgan fingerprint density at radius 2 is 2.06 bits per heavy atom. The summed E-state index contributed by atoms with van der Waals surface area (Å²) in [5, 5.41) is 8.03. The van der Waals surface area contributed by atoms with Crippen molar-refractivity contribution in [3.8, 4) is 0 Å². The van der Waals surface area contributed by atoms with Gasteiger partial charge in [0.25, 0.3) is 0 Å². The topological polar surface area (TPSA) is 66.0 Å². The SMILES string of the molecule is CCCn1nncc1C(N)C(CC)(CC)OC. The second-order valence-corrected chi connectivity index (χ2v) is 4.34. The molecular formula is C12H24N4O. The lowest BCUT2D eigenvalue weighted by molar-refractivity contribution is -0.0405. The summed E-state index contributed by atoms with van der Waals surface area (Å²) in [6, 6.07) is -0.191. The van der Waals surface area contributed by atoms with Gasteiger partial charge in [-0.15, -0.1) is 5.10 Å². The zero-order chi connectivity index (χ0) is 12.9. The molecule has 1 atom stereocenters. The fraction of sp³-hybridized carbons (Fsp3) is 0.833. The summed E-state index contributed by atoms with van der Waals surface area (Å²) in [7, 11) is 1.72. The van der Waals surface area contributed by atoms with Crippen LogP contribution in [0.1, 0.15) is 51.8 Å². The second-order valence-electron chi connectivity index (χ2n) is 4.34. The van der Waals surface area contributed by atoms with Crippen molar-refractivity contribution in [2.75, 3.05) is 7.11 Å². The van der Waals surface area contributed by atoms with Gasteiger partial charge >= 0.3 is 0 Å². The van der Waals surface area contributed by atoms with Crippen molar-refractivity contribution in [1.29, 1.82) is 0 Å². The predicted molar refractivity (Wildman–Crippen MR) is 67.6 cm³/mol. The molecule has 0 amide bonds. The first-order chi connectivity index (χ1) is 8.15. The molecule has 0 spiro atoms. The smallest absolute Gasteiger partial charge is 0.0881 e. The lowest BCUT2D eigenvalue weighted by Gasteiger charge is -2.36. The zero-order valence-corrected chi connectivity index (χ0v) is 11.3. The highest BCUT2D eigenvalue weighted by atomic mass is 16.5. The highest BCUT2D eigenvalue weighted by Gasteiger charge is 2.36. The number of hydrogen-bond donors (Lipinski definition) is 1. The third-order valence-electron chi connectivity index (χ3n) is 3.57. The van der Waals surface area contributed by atoms with Crippen LogP contribution in [-0.4, -0.2) is 27.7 Å². The number of nitrogens with zero attached hydrogens (tertiary/aromatic N) is 3. The average molecular weight is 240 g/mol. The van der Waals surface area contributed by atoms with Crippen LogP contribution in [0, 0.1) is 0 Å². The minimum absolute atomic E-state index is 0.191. The van der Waals surface area contributed by atoms with Gasteiger partial charge < -0.3 is 10.5 Å². The third-order valence-corrected chi connectivity index (χ3v) is 3.57. The normalized spacial score (nSPS) is 13.9. The number of nitrogens with two attached hydrogens (primary N) is 1. The van der Waals surface area contributed by atoms with E-state index in [-0.39, 0.29) is 11.6 Å². The molecule has 0 saturated heterocycles. The Bertz CT molecular complexity index is 325. The molecule has 0 fully saturated rings. The maximum Gasteiger partial charge on any atom is 0.0881 e. The first-order valence-corrected chi connectivity index (χ1v) is 6.34. The molecule has 0 saturated carbocycles. The Morgan fingerprint density at radius 3 is 2.53 bits per heavy atom. The van der Waals surface area contributed by atoms with Crippen LogP contribution in [0.2, 0.25) is 0 Å². The van der Waals surface area contributed by atoms with Gasteiger partial charge in [0.05, 0.1) is 23.5 Å². The van der Waals surface area contributed by atoms with E-state index in [1.54, 1.807) is 13.3 Å². The molecule has 5 heteroatoms. The van der Waals surface area contributed by atoms with E-state index >= 15 is 0 Å². The minimum atomic E-state index is -0.326. The molecule has 0 bridgehead atoms. The van der Waals surface area contributed by atoms with Crippen LogP contribution in [0.5, 0.6) is 0 Å². The fourth-order valence-electron chi connectivity index (χ4n) is 2.27. The van der Waals surface area contributed by atoms with E-state index < -0.39 is 0 Å². The molecule has 17 heavy (non-hydrogen) atoms. The third kappa shape index (κ3) is 2.66. The van der Waals surface area contributed by atoms with Gasteiger partial charge in [0, 0.05) is 13.7 Å². The fourth-order valence-corrected chi connectivity index (χ4v) is 2.27. The van der Waals surface area contributed by atoms with Crippen LogP contribution in [0.4, 0.5) is 0 Å². The summed E-state index contributed by atoms with van der Waals surface area (Å²) in [6.07, 6.45) is 4.51. The molecule has 1 aromatic rings. The first kappa shape index (κ1) is 14.1. The van der Waals surface area contributed by atoms with Gasteiger partial charge in [-0.2, -0.15) is 0 Å². The Hall–Kier alpha value is -0.940. The average Bonchev–Trinajstić information content (AvgIpc) is 2.80. The number of ether oxygens (including phenoxy) is 1. The van der Waals surface area contributed by atoms with Crippen molar-refractivity contribution in [2.24, 2.45) is 5.73 Å². The van der Waals surface area contributed by atoms with Gasteiger partial charge in [-0.3, -0.25) is 0 Å². The van der Waals surface area contributed by atoms with E-state index in [9.17, 15) is 0 Å². The predicted octanol–water partition coefficient (Wildman–Crippen LogP) is 1.89. The Kier molecular flexibility index (Phi) is 5.08. The highest BCUT2D eigenvalue weighted by Crippen LogP contribution is 2.32. The van der Waals surface area contributed by atoms with Crippen molar-refractivity contribution in [3.63, 3.8) is 0 Å². The monoisotopic (exact) mass is 240 g/mol. The van der Waals surface area contributed by atoms with Crippen LogP contribution < -0.4 is 5.73 Å². The van der Waals surface area contributed by atoms with E-state index in [4.69, 9.17) is 10.5 Å². The van der Waals surface area contributed by atoms with Gasteiger partial charge in [0.15, 0.2) is 0 Å². The molecule has 0 aliphatic carbocycles. The van der Waals surface area contributed by atoms with E-state index in [1.165, 1.54) is 0 Å². The summed E-state index contributed by atoms with van der Waals surface area (Å²) in [4.78, 5) is 0. The Labute approximate surface area is 103 Å². The maximum absolute atomic E-state index is 6.36. The summed E-state index contributed by atoms with van der Waals surface area (Å²) in [6.45, 7) is 7.15. The van der Waals surface area contributed by atoms with Crippen LogP contribution in [-0.2, 0) is 11.3 Å². The molecule has 1 unspecified atom stereocenters. The molecule has 98 valence electrons. The van der Waals surface area contributed by atoms with Crippen LogP contribution in [0.3, 0.4) is 0 Å². The van der Waals surface area contributed by atoms with Gasteiger partial charge in [0.2, 0.25) is 0 Å². The Balaban J connectivity index is 3.00. The number of aryl methyl sites for hydroxylation is 1. The number of hydrogen-bond acceptors (Lipinski definition) is 4. The maximum atomic E-state index is 6.36. The molecule has 5 nitrogen and oxygen atoms in total. The van der Waals surface area contributed by atoms with Crippen LogP contribution >= 0.6 is 0 Å². The quantitative estimate of drug-likeness (QED) is 0.790. The van der Waals surface area contributed by atoms with Crippen molar-refractivity contribution in [1.82, 2.24) is 15.0 Å². The lowest BCUT2D eigenvalue weighted by atomic mass is 9.87. The van der Waals surface area contributed by atoms with Gasteiger partial charge in [-0.05, 0) is 19.3 Å². The van der Waals surface area contributed by atoms with E-state index in [2.05, 4.69) is 31.1 Å². The molecule has 1 rings (SSSR count). The molecule has 0 aliphatic rings. The number of aromatic nitrogens is 3. The highest BCUT2D eigenvalue weighted by molar-refractivity contribution is 5.09. The molecule has 1 aromatic heterocycles. The largest absolute Gasteiger partial charge is 0.376 e. The molecule has 1 heterocycles. The lowest BCUT2D eigenvalue weighted by Crippen LogP contribution is -2.43. The summed E-state index contributed by atoms with van der Waals surface area (Å²) < 4.78 is 7.54. The molecule has 0 radical (unpaired) electrons. The van der Waals surface area contributed by atoms with Crippen molar-refractivity contribution >= 4 is 0 Å². The van der Waals surface area contributed by atoms with Crippen molar-refractivity contribution in [2.45, 2.75) is 58.2 Å². The van der Waals surface area contributed by atoms with Crippen molar-refractivity contribution < 1.29 is 4.74 Å². The minimum Gasteiger partial charge on any atom is -0.376 e. The van der Waals surface area contributed by atoms with Gasteiger partial charge in [0.1, 0.15) is 0 Å². The number of rotatable bonds is 7. The molecule has 0 aromatic carbocycles. The van der Waals surface area contributed by atoms with Gasteiger partial charge in [-0.25, -0.2) is 4.68 Å².